The number of nitrogens with two attached hydrogens (primary N) is 1. The molecule has 0 saturated heterocycles. The van der Waals surface area contributed by atoms with Crippen LogP contribution in [0.3, 0.4) is 0 Å². The molecular weight excluding hydrogens is 160 g/mol. The Labute approximate surface area is 69.2 Å². The average Bonchev–Trinajstić information content (AvgIpc) is 2.48. The zero-order valence-corrected chi connectivity index (χ0v) is 6.51. The van der Waals surface area contributed by atoms with Crippen LogP contribution in [-0.2, 0) is 6.54 Å². The molecule has 6 heteroatoms. The van der Waals surface area contributed by atoms with Gasteiger partial charge in [0.2, 0.25) is 0 Å². The zero-order chi connectivity index (χ0) is 8.97. The molecule has 0 aliphatic carbocycles. The number of hydrogen-bond donors (Lipinski definition) is 1. The molecule has 12 heavy (non-hydrogen) atoms. The van der Waals surface area contributed by atoms with Gasteiger partial charge in [-0.1, -0.05) is 4.98 Å². The molecule has 0 aromatic carbocycles. The molecule has 1 heterocycles. The molecule has 0 radical (unpaired) electrons. The Morgan fingerprint density at radius 3 is 3.08 bits per heavy atom. The monoisotopic (exact) mass is 170 g/mol. The van der Waals surface area contributed by atoms with Crippen LogP contribution in [0.4, 0.5) is 5.95 Å². The molecule has 2 N–H and O–H groups in total. The summed E-state index contributed by atoms with van der Waals surface area (Å²) in [4.78, 5) is 13.4. The number of nitro groups is 1. The Hall–Kier alpha value is -1.43. The molecule has 0 bridgehead atoms. The summed E-state index contributed by atoms with van der Waals surface area (Å²) in [6.07, 6.45) is 3.71. The normalized spacial score (nSPS) is 10.1. The molecule has 6 nitrogen and oxygen atoms in total. The lowest BCUT2D eigenvalue weighted by Crippen LogP contribution is -2.07. The number of imidazole rings is 1. The van der Waals surface area contributed by atoms with Crippen molar-refractivity contribution < 1.29 is 4.92 Å². The van der Waals surface area contributed by atoms with Crippen LogP contribution in [0.2, 0.25) is 0 Å². The molecule has 0 unspecified atom stereocenters. The lowest BCUT2D eigenvalue weighted by molar-refractivity contribution is -0.396. The highest BCUT2D eigenvalue weighted by Gasteiger charge is 2.12. The first-order valence-electron chi connectivity index (χ1n) is 3.61. The highest BCUT2D eigenvalue weighted by atomic mass is 16.6. The van der Waals surface area contributed by atoms with E-state index in [1.165, 1.54) is 10.8 Å². The molecular formula is C6H10N4O2. The molecule has 1 aromatic heterocycles. The first kappa shape index (κ1) is 8.66. The van der Waals surface area contributed by atoms with Gasteiger partial charge in [0.1, 0.15) is 12.4 Å². The molecule has 1 rings (SSSR count). The van der Waals surface area contributed by atoms with E-state index in [-0.39, 0.29) is 5.95 Å². The van der Waals surface area contributed by atoms with Crippen LogP contribution in [-0.4, -0.2) is 21.0 Å². The van der Waals surface area contributed by atoms with E-state index < -0.39 is 4.92 Å². The summed E-state index contributed by atoms with van der Waals surface area (Å²) in [6.45, 7) is 1.07. The van der Waals surface area contributed by atoms with Crippen LogP contribution >= 0.6 is 0 Å². The predicted octanol–water partition coefficient (Wildman–Crippen LogP) is 0.140. The molecule has 0 atom stereocenters. The maximum Gasteiger partial charge on any atom is 0.434 e. The third-order valence-electron chi connectivity index (χ3n) is 1.46. The number of aryl methyl sites for hydroxylation is 1. The third kappa shape index (κ3) is 1.79. The Balaban J connectivity index is 2.70. The highest BCUT2D eigenvalue weighted by molar-refractivity contribution is 5.06. The summed E-state index contributed by atoms with van der Waals surface area (Å²) in [7, 11) is 0. The number of aromatic nitrogens is 2. The fraction of sp³-hybridized carbons (Fsp3) is 0.500. The van der Waals surface area contributed by atoms with Gasteiger partial charge in [0.15, 0.2) is 0 Å². The standard InChI is InChI=1S/C6H10N4O2/c7-2-1-4-9-5-3-8-6(9)10(11)12/h3,5H,1-2,4,7H2. The van der Waals surface area contributed by atoms with E-state index in [1.807, 2.05) is 0 Å². The Kier molecular flexibility index (Phi) is 2.76. The van der Waals surface area contributed by atoms with E-state index in [9.17, 15) is 10.1 Å². The Morgan fingerprint density at radius 2 is 2.50 bits per heavy atom. The molecule has 0 amide bonds. The highest BCUT2D eigenvalue weighted by Crippen LogP contribution is 2.07. The van der Waals surface area contributed by atoms with Gasteiger partial charge in [-0.2, -0.15) is 0 Å². The first-order chi connectivity index (χ1) is 5.75. The van der Waals surface area contributed by atoms with Crippen LogP contribution in [0.25, 0.3) is 0 Å². The van der Waals surface area contributed by atoms with Gasteiger partial charge in [0.05, 0.1) is 6.54 Å². The second kappa shape index (κ2) is 3.82. The van der Waals surface area contributed by atoms with Crippen LogP contribution < -0.4 is 5.73 Å². The van der Waals surface area contributed by atoms with Gasteiger partial charge in [-0.15, -0.1) is 0 Å². The van der Waals surface area contributed by atoms with Gasteiger partial charge in [0, 0.05) is 0 Å². The van der Waals surface area contributed by atoms with Gasteiger partial charge < -0.3 is 15.8 Å². The van der Waals surface area contributed by atoms with Crippen molar-refractivity contribution in [1.82, 2.24) is 9.55 Å². The van der Waals surface area contributed by atoms with Crippen molar-refractivity contribution in [1.29, 1.82) is 0 Å². The lowest BCUT2D eigenvalue weighted by atomic mass is 10.4. The molecule has 66 valence electrons. The minimum Gasteiger partial charge on any atom is -0.390 e. The molecule has 0 saturated carbocycles. The van der Waals surface area contributed by atoms with Crippen molar-refractivity contribution in [2.24, 2.45) is 5.73 Å². The lowest BCUT2D eigenvalue weighted by Gasteiger charge is -1.98. The second-order valence-corrected chi connectivity index (χ2v) is 2.32. The quantitative estimate of drug-likeness (QED) is 0.514. The minimum atomic E-state index is -0.503. The zero-order valence-electron chi connectivity index (χ0n) is 6.51. The molecule has 1 aromatic rings. The number of nitrogens with zero attached hydrogens (tertiary/aromatic N) is 3. The van der Waals surface area contributed by atoms with Crippen molar-refractivity contribution in [2.45, 2.75) is 13.0 Å². The summed E-state index contributed by atoms with van der Waals surface area (Å²) in [5.41, 5.74) is 5.27. The molecule has 0 aliphatic rings. The summed E-state index contributed by atoms with van der Waals surface area (Å²) in [5.74, 6) is -0.122. The molecule has 0 spiro atoms. The van der Waals surface area contributed by atoms with E-state index in [4.69, 9.17) is 5.73 Å². The van der Waals surface area contributed by atoms with Gasteiger partial charge in [0.25, 0.3) is 0 Å². The maximum absolute atomic E-state index is 10.3. The predicted molar refractivity (Wildman–Crippen MR) is 42.6 cm³/mol. The number of rotatable bonds is 4. The smallest absolute Gasteiger partial charge is 0.390 e. The second-order valence-electron chi connectivity index (χ2n) is 2.32. The first-order valence-corrected chi connectivity index (χ1v) is 3.61. The summed E-state index contributed by atoms with van der Waals surface area (Å²) in [5, 5.41) is 10.3. The van der Waals surface area contributed by atoms with Crippen LogP contribution in [0.1, 0.15) is 6.42 Å². The molecule has 0 aliphatic heterocycles. The fourth-order valence-electron chi connectivity index (χ4n) is 0.909. The summed E-state index contributed by atoms with van der Waals surface area (Å²) < 4.78 is 1.48. The third-order valence-corrected chi connectivity index (χ3v) is 1.46. The van der Waals surface area contributed by atoms with Crippen molar-refractivity contribution in [3.63, 3.8) is 0 Å². The van der Waals surface area contributed by atoms with Crippen LogP contribution in [0.5, 0.6) is 0 Å². The van der Waals surface area contributed by atoms with Crippen molar-refractivity contribution in [2.75, 3.05) is 6.54 Å². The van der Waals surface area contributed by atoms with Crippen LogP contribution in [0, 0.1) is 10.1 Å². The van der Waals surface area contributed by atoms with Crippen molar-refractivity contribution in [3.05, 3.63) is 22.5 Å². The molecule has 0 fully saturated rings. The van der Waals surface area contributed by atoms with Gasteiger partial charge in [-0.05, 0) is 17.9 Å². The maximum atomic E-state index is 10.3. The minimum absolute atomic E-state index is 0.122. The van der Waals surface area contributed by atoms with Crippen LogP contribution in [0.15, 0.2) is 12.4 Å². The van der Waals surface area contributed by atoms with E-state index >= 15 is 0 Å². The van der Waals surface area contributed by atoms with E-state index in [2.05, 4.69) is 4.98 Å². The topological polar surface area (TPSA) is 87.0 Å². The summed E-state index contributed by atoms with van der Waals surface area (Å²) in [6, 6.07) is 0. The van der Waals surface area contributed by atoms with Crippen molar-refractivity contribution >= 4 is 5.95 Å². The van der Waals surface area contributed by atoms with Gasteiger partial charge in [-0.25, -0.2) is 4.57 Å². The summed E-state index contributed by atoms with van der Waals surface area (Å²) >= 11 is 0. The SMILES string of the molecule is NCCCn1ccnc1[N+](=O)[O-]. The Morgan fingerprint density at radius 1 is 1.75 bits per heavy atom. The average molecular weight is 170 g/mol. The fourth-order valence-corrected chi connectivity index (χ4v) is 0.909. The largest absolute Gasteiger partial charge is 0.434 e. The van der Waals surface area contributed by atoms with E-state index in [1.54, 1.807) is 6.20 Å². The number of hydrogen-bond acceptors (Lipinski definition) is 4. The van der Waals surface area contributed by atoms with E-state index in [0.29, 0.717) is 13.1 Å². The van der Waals surface area contributed by atoms with E-state index in [0.717, 1.165) is 6.42 Å². The van der Waals surface area contributed by atoms with Gasteiger partial charge in [-0.3, -0.25) is 0 Å². The van der Waals surface area contributed by atoms with Crippen molar-refractivity contribution in [3.8, 4) is 0 Å². The van der Waals surface area contributed by atoms with Gasteiger partial charge >= 0.3 is 5.95 Å². The Bertz CT molecular complexity index is 270.